The molecule has 0 bridgehead atoms. The second-order valence-corrected chi connectivity index (χ2v) is 6.63. The normalized spacial score (nSPS) is 34.8. The molecule has 2 saturated carbocycles. The number of nitrogens with two attached hydrogens (primary N) is 1. The zero-order valence-corrected chi connectivity index (χ0v) is 12.1. The van der Waals surface area contributed by atoms with Crippen molar-refractivity contribution in [2.45, 2.75) is 62.6 Å². The van der Waals surface area contributed by atoms with Gasteiger partial charge in [-0.2, -0.15) is 0 Å². The van der Waals surface area contributed by atoms with E-state index in [1.807, 2.05) is 12.1 Å². The van der Waals surface area contributed by atoms with Gasteiger partial charge >= 0.3 is 0 Å². The maximum atomic E-state index is 5.95. The molecule has 2 fully saturated rings. The summed E-state index contributed by atoms with van der Waals surface area (Å²) >= 11 is 5.92. The number of benzene rings is 1. The van der Waals surface area contributed by atoms with Crippen molar-refractivity contribution in [3.63, 3.8) is 0 Å². The third-order valence-corrected chi connectivity index (χ3v) is 4.97. The summed E-state index contributed by atoms with van der Waals surface area (Å²) in [6, 6.07) is 10.2. The van der Waals surface area contributed by atoms with Crippen LogP contribution in [-0.4, -0.2) is 18.1 Å². The molecule has 2 aliphatic carbocycles. The van der Waals surface area contributed by atoms with Crippen molar-refractivity contribution in [2.75, 3.05) is 0 Å². The molecule has 1 aromatic rings. The highest BCUT2D eigenvalue weighted by molar-refractivity contribution is 6.30. The predicted octanol–water partition coefficient (Wildman–Crippen LogP) is 3.45. The Hall–Kier alpha value is -0.570. The van der Waals surface area contributed by atoms with Gasteiger partial charge in [0.15, 0.2) is 0 Å². The van der Waals surface area contributed by atoms with Gasteiger partial charge in [0.2, 0.25) is 0 Å². The van der Waals surface area contributed by atoms with Crippen molar-refractivity contribution < 1.29 is 0 Å². The van der Waals surface area contributed by atoms with Gasteiger partial charge in [-0.25, -0.2) is 0 Å². The third-order valence-electron chi connectivity index (χ3n) is 4.72. The van der Waals surface area contributed by atoms with E-state index in [4.69, 9.17) is 17.3 Å². The van der Waals surface area contributed by atoms with Gasteiger partial charge < -0.3 is 11.1 Å². The zero-order chi connectivity index (χ0) is 13.2. The first-order valence-electron chi connectivity index (χ1n) is 7.48. The monoisotopic (exact) mass is 278 g/mol. The van der Waals surface area contributed by atoms with E-state index >= 15 is 0 Å². The van der Waals surface area contributed by atoms with Crippen molar-refractivity contribution in [1.29, 1.82) is 0 Å². The second-order valence-electron chi connectivity index (χ2n) is 6.20. The van der Waals surface area contributed by atoms with Gasteiger partial charge in [0.05, 0.1) is 0 Å². The molecule has 3 rings (SSSR count). The summed E-state index contributed by atoms with van der Waals surface area (Å²) in [7, 11) is 0. The molecule has 3 N–H and O–H groups in total. The van der Waals surface area contributed by atoms with Crippen LogP contribution in [-0.2, 0) is 0 Å². The largest absolute Gasteiger partial charge is 0.328 e. The molecule has 0 spiro atoms. The van der Waals surface area contributed by atoms with Crippen molar-refractivity contribution in [1.82, 2.24) is 5.32 Å². The molecule has 1 aromatic carbocycles. The van der Waals surface area contributed by atoms with Crippen molar-refractivity contribution in [3.8, 4) is 0 Å². The first-order chi connectivity index (χ1) is 9.20. The van der Waals surface area contributed by atoms with Crippen LogP contribution in [0.1, 0.15) is 50.0 Å². The first-order valence-corrected chi connectivity index (χ1v) is 7.85. The Kier molecular flexibility index (Phi) is 4.11. The molecule has 2 aliphatic rings. The first kappa shape index (κ1) is 13.4. The number of hydrogen-bond acceptors (Lipinski definition) is 2. The van der Waals surface area contributed by atoms with Crippen LogP contribution in [0.2, 0.25) is 5.02 Å². The lowest BCUT2D eigenvalue weighted by molar-refractivity contribution is 0.232. The molecular weight excluding hydrogens is 256 g/mol. The topological polar surface area (TPSA) is 38.0 Å². The van der Waals surface area contributed by atoms with Crippen molar-refractivity contribution >= 4 is 11.6 Å². The number of rotatable bonds is 3. The van der Waals surface area contributed by atoms with E-state index in [0.29, 0.717) is 18.1 Å². The van der Waals surface area contributed by atoms with Gasteiger partial charge in [-0.3, -0.25) is 0 Å². The SMILES string of the molecule is NC1CCC(NC2CC(c3ccc(Cl)cc3)C2)CC1. The zero-order valence-electron chi connectivity index (χ0n) is 11.3. The van der Waals surface area contributed by atoms with Crippen LogP contribution < -0.4 is 11.1 Å². The van der Waals surface area contributed by atoms with Gasteiger partial charge in [0.25, 0.3) is 0 Å². The lowest BCUT2D eigenvalue weighted by Gasteiger charge is -2.40. The molecular formula is C16H23ClN2. The summed E-state index contributed by atoms with van der Waals surface area (Å²) < 4.78 is 0. The molecule has 19 heavy (non-hydrogen) atoms. The number of halogens is 1. The van der Waals surface area contributed by atoms with Gasteiger partial charge in [-0.1, -0.05) is 23.7 Å². The Balaban J connectivity index is 1.44. The Morgan fingerprint density at radius 2 is 1.58 bits per heavy atom. The van der Waals surface area contributed by atoms with Crippen LogP contribution in [0.3, 0.4) is 0 Å². The van der Waals surface area contributed by atoms with Crippen LogP contribution in [0, 0.1) is 0 Å². The van der Waals surface area contributed by atoms with E-state index in [0.717, 1.165) is 10.9 Å². The quantitative estimate of drug-likeness (QED) is 0.889. The Morgan fingerprint density at radius 3 is 2.21 bits per heavy atom. The molecule has 0 aromatic heterocycles. The van der Waals surface area contributed by atoms with E-state index in [1.165, 1.54) is 44.1 Å². The highest BCUT2D eigenvalue weighted by Gasteiger charge is 2.32. The molecule has 0 unspecified atom stereocenters. The maximum Gasteiger partial charge on any atom is 0.0406 e. The standard InChI is InChI=1S/C16H23ClN2/c17-13-3-1-11(2-4-13)12-9-16(10-12)19-15-7-5-14(18)6-8-15/h1-4,12,14-16,19H,5-10,18H2. The predicted molar refractivity (Wildman–Crippen MR) is 80.6 cm³/mol. The highest BCUT2D eigenvalue weighted by Crippen LogP contribution is 2.38. The van der Waals surface area contributed by atoms with E-state index in [2.05, 4.69) is 17.4 Å². The van der Waals surface area contributed by atoms with Crippen LogP contribution in [0.5, 0.6) is 0 Å². The number of hydrogen-bond donors (Lipinski definition) is 2. The molecule has 0 atom stereocenters. The van der Waals surface area contributed by atoms with Crippen LogP contribution in [0.4, 0.5) is 0 Å². The fourth-order valence-corrected chi connectivity index (χ4v) is 3.51. The smallest absolute Gasteiger partial charge is 0.0406 e. The molecule has 3 heteroatoms. The van der Waals surface area contributed by atoms with Crippen molar-refractivity contribution in [2.24, 2.45) is 5.73 Å². The minimum atomic E-state index is 0.446. The van der Waals surface area contributed by atoms with E-state index in [9.17, 15) is 0 Å². The molecule has 2 nitrogen and oxygen atoms in total. The molecule has 0 amide bonds. The fraction of sp³-hybridized carbons (Fsp3) is 0.625. The maximum absolute atomic E-state index is 5.95. The molecule has 0 radical (unpaired) electrons. The summed E-state index contributed by atoms with van der Waals surface area (Å²) in [6.07, 6.45) is 7.41. The van der Waals surface area contributed by atoms with Crippen molar-refractivity contribution in [3.05, 3.63) is 34.9 Å². The summed E-state index contributed by atoms with van der Waals surface area (Å²) in [5.74, 6) is 0.723. The average Bonchev–Trinajstić information content (AvgIpc) is 2.37. The molecule has 0 heterocycles. The summed E-state index contributed by atoms with van der Waals surface area (Å²) in [4.78, 5) is 0. The van der Waals surface area contributed by atoms with Crippen LogP contribution in [0.15, 0.2) is 24.3 Å². The van der Waals surface area contributed by atoms with Crippen LogP contribution >= 0.6 is 11.6 Å². The van der Waals surface area contributed by atoms with E-state index < -0.39 is 0 Å². The minimum absolute atomic E-state index is 0.446. The summed E-state index contributed by atoms with van der Waals surface area (Å²) in [5.41, 5.74) is 7.38. The van der Waals surface area contributed by atoms with E-state index in [-0.39, 0.29) is 0 Å². The Morgan fingerprint density at radius 1 is 0.947 bits per heavy atom. The minimum Gasteiger partial charge on any atom is -0.328 e. The van der Waals surface area contributed by atoms with Gasteiger partial charge in [-0.15, -0.1) is 0 Å². The lowest BCUT2D eigenvalue weighted by atomic mass is 9.75. The molecule has 0 aliphatic heterocycles. The summed E-state index contributed by atoms with van der Waals surface area (Å²) in [5, 5.41) is 4.64. The Bertz CT molecular complexity index is 403. The summed E-state index contributed by atoms with van der Waals surface area (Å²) in [6.45, 7) is 0. The lowest BCUT2D eigenvalue weighted by Crippen LogP contribution is -2.47. The third kappa shape index (κ3) is 3.31. The highest BCUT2D eigenvalue weighted by atomic mass is 35.5. The average molecular weight is 279 g/mol. The second kappa shape index (κ2) is 5.82. The van der Waals surface area contributed by atoms with Crippen LogP contribution in [0.25, 0.3) is 0 Å². The molecule has 0 saturated heterocycles. The fourth-order valence-electron chi connectivity index (χ4n) is 3.38. The van der Waals surface area contributed by atoms with E-state index in [1.54, 1.807) is 0 Å². The number of nitrogens with one attached hydrogen (secondary N) is 1. The Labute approximate surface area is 120 Å². The van der Waals surface area contributed by atoms with Gasteiger partial charge in [0, 0.05) is 23.1 Å². The molecule has 104 valence electrons. The van der Waals surface area contributed by atoms with Gasteiger partial charge in [-0.05, 0) is 62.1 Å². The van der Waals surface area contributed by atoms with Gasteiger partial charge in [0.1, 0.15) is 0 Å².